The van der Waals surface area contributed by atoms with Crippen molar-refractivity contribution >= 4 is 29.9 Å². The molecule has 1 aromatic heterocycles. The second-order valence-electron chi connectivity index (χ2n) is 7.33. The van der Waals surface area contributed by atoms with Crippen LogP contribution in [0.3, 0.4) is 0 Å². The van der Waals surface area contributed by atoms with Gasteiger partial charge in [-0.3, -0.25) is 0 Å². The van der Waals surface area contributed by atoms with Gasteiger partial charge >= 0.3 is 0 Å². The van der Waals surface area contributed by atoms with Gasteiger partial charge in [-0.15, -0.1) is 24.0 Å². The maximum atomic E-state index is 14.5. The average Bonchev–Trinajstić information content (AvgIpc) is 3.29. The van der Waals surface area contributed by atoms with E-state index in [1.165, 1.54) is 0 Å². The van der Waals surface area contributed by atoms with Gasteiger partial charge in [-0.1, -0.05) is 6.07 Å². The first-order valence-corrected chi connectivity index (χ1v) is 10.6. The number of nitrogens with zero attached hydrogens (tertiary/aromatic N) is 4. The third-order valence-corrected chi connectivity index (χ3v) is 5.13. The lowest BCUT2D eigenvalue weighted by Gasteiger charge is -2.34. The van der Waals surface area contributed by atoms with E-state index in [1.54, 1.807) is 42.5 Å². The third kappa shape index (κ3) is 7.73. The molecule has 1 aromatic carbocycles. The van der Waals surface area contributed by atoms with Crippen LogP contribution in [-0.2, 0) is 16.0 Å². The van der Waals surface area contributed by atoms with Crippen LogP contribution >= 0.6 is 24.0 Å². The molecule has 3 rings (SSSR count). The molecule has 0 radical (unpaired) electrons. The molecule has 0 amide bonds. The van der Waals surface area contributed by atoms with E-state index in [-0.39, 0.29) is 29.8 Å². The fourth-order valence-electron chi connectivity index (χ4n) is 3.54. The van der Waals surface area contributed by atoms with Crippen LogP contribution in [0.4, 0.5) is 4.39 Å². The van der Waals surface area contributed by atoms with Crippen molar-refractivity contribution in [2.24, 2.45) is 4.99 Å². The number of hydrogen-bond acceptors (Lipinski definition) is 4. The largest absolute Gasteiger partial charge is 0.385 e. The van der Waals surface area contributed by atoms with Crippen molar-refractivity contribution in [1.29, 1.82) is 0 Å². The van der Waals surface area contributed by atoms with Crippen LogP contribution in [0.2, 0.25) is 0 Å². The molecule has 0 bridgehead atoms. The first-order valence-electron chi connectivity index (χ1n) is 10.6. The summed E-state index contributed by atoms with van der Waals surface area (Å²) in [7, 11) is 1.71. The Balaban J connectivity index is 0.00000341. The number of imidazole rings is 1. The number of halogens is 2. The van der Waals surface area contributed by atoms with Gasteiger partial charge in [0.1, 0.15) is 5.82 Å². The SMILES string of the molecule is CCNC(=NCc1ccc(-n2ccnc2)c(F)c1)N1CCC(OCCCOC)CC1.I. The first-order chi connectivity index (χ1) is 14.7. The van der Waals surface area contributed by atoms with E-state index in [1.807, 2.05) is 6.07 Å². The number of methoxy groups -OCH3 is 1. The van der Waals surface area contributed by atoms with Gasteiger partial charge in [-0.25, -0.2) is 14.4 Å². The quantitative estimate of drug-likeness (QED) is 0.226. The zero-order valence-corrected chi connectivity index (χ0v) is 20.6. The van der Waals surface area contributed by atoms with Crippen LogP contribution in [0.25, 0.3) is 5.69 Å². The number of nitrogens with one attached hydrogen (secondary N) is 1. The summed E-state index contributed by atoms with van der Waals surface area (Å²) in [6.45, 7) is 6.55. The van der Waals surface area contributed by atoms with Crippen molar-refractivity contribution in [3.05, 3.63) is 48.3 Å². The number of guanidine groups is 1. The standard InChI is InChI=1S/C22H32FN5O2.HI/c1-3-25-22(27-10-7-19(8-11-27)30-14-4-13-29-2)26-16-18-5-6-21(20(23)15-18)28-12-9-24-17-28;/h5-6,9,12,15,17,19H,3-4,7-8,10-11,13-14,16H2,1-2H3,(H,25,26);1H. The Morgan fingerprint density at radius 2 is 2.10 bits per heavy atom. The molecule has 0 atom stereocenters. The monoisotopic (exact) mass is 545 g/mol. The van der Waals surface area contributed by atoms with E-state index < -0.39 is 0 Å². The van der Waals surface area contributed by atoms with Crippen LogP contribution in [0, 0.1) is 5.82 Å². The third-order valence-electron chi connectivity index (χ3n) is 5.13. The van der Waals surface area contributed by atoms with Crippen LogP contribution in [0.15, 0.2) is 41.9 Å². The van der Waals surface area contributed by atoms with Gasteiger partial charge in [0.15, 0.2) is 5.96 Å². The zero-order chi connectivity index (χ0) is 21.2. The highest BCUT2D eigenvalue weighted by Gasteiger charge is 2.21. The van der Waals surface area contributed by atoms with Crippen molar-refractivity contribution in [2.75, 3.05) is 40.0 Å². The Kier molecular flexibility index (Phi) is 11.2. The fraction of sp³-hybridized carbons (Fsp3) is 0.545. The van der Waals surface area contributed by atoms with Crippen LogP contribution < -0.4 is 5.32 Å². The molecule has 0 spiro atoms. The molecule has 1 aliphatic heterocycles. The number of ether oxygens (including phenoxy) is 2. The lowest BCUT2D eigenvalue weighted by Crippen LogP contribution is -2.47. The highest BCUT2D eigenvalue weighted by molar-refractivity contribution is 14.0. The Morgan fingerprint density at radius 1 is 1.29 bits per heavy atom. The zero-order valence-electron chi connectivity index (χ0n) is 18.3. The maximum Gasteiger partial charge on any atom is 0.194 e. The van der Waals surface area contributed by atoms with Crippen LogP contribution in [0.1, 0.15) is 31.7 Å². The van der Waals surface area contributed by atoms with Crippen molar-refractivity contribution in [1.82, 2.24) is 19.8 Å². The van der Waals surface area contributed by atoms with Gasteiger partial charge in [0.2, 0.25) is 0 Å². The summed E-state index contributed by atoms with van der Waals surface area (Å²) in [5.74, 6) is 0.589. The number of piperidine rings is 1. The molecule has 7 nitrogen and oxygen atoms in total. The molecule has 0 unspecified atom stereocenters. The molecule has 0 aliphatic carbocycles. The Hall–Kier alpha value is -1.72. The van der Waals surface area contributed by atoms with Gasteiger partial charge in [-0.05, 0) is 43.9 Å². The smallest absolute Gasteiger partial charge is 0.194 e. The summed E-state index contributed by atoms with van der Waals surface area (Å²) < 4.78 is 27.2. The Morgan fingerprint density at radius 3 is 2.74 bits per heavy atom. The van der Waals surface area contributed by atoms with Crippen molar-refractivity contribution in [3.63, 3.8) is 0 Å². The molecule has 31 heavy (non-hydrogen) atoms. The van der Waals surface area contributed by atoms with E-state index in [2.05, 4.69) is 22.1 Å². The van der Waals surface area contributed by atoms with E-state index in [4.69, 9.17) is 14.5 Å². The molecule has 1 N–H and O–H groups in total. The molecule has 172 valence electrons. The number of hydrogen-bond donors (Lipinski definition) is 1. The second kappa shape index (κ2) is 13.6. The van der Waals surface area contributed by atoms with Crippen molar-refractivity contribution in [3.8, 4) is 5.69 Å². The lowest BCUT2D eigenvalue weighted by atomic mass is 10.1. The number of aromatic nitrogens is 2. The Bertz CT molecular complexity index is 795. The molecule has 0 saturated carbocycles. The summed E-state index contributed by atoms with van der Waals surface area (Å²) in [6, 6.07) is 5.22. The predicted molar refractivity (Wildman–Crippen MR) is 131 cm³/mol. The first kappa shape index (κ1) is 25.5. The topological polar surface area (TPSA) is 63.9 Å². The normalized spacial score (nSPS) is 15.1. The minimum absolute atomic E-state index is 0. The van der Waals surface area contributed by atoms with Crippen LogP contribution in [-0.4, -0.2) is 66.5 Å². The van der Waals surface area contributed by atoms with E-state index in [9.17, 15) is 4.39 Å². The summed E-state index contributed by atoms with van der Waals surface area (Å²) in [5.41, 5.74) is 1.32. The maximum absolute atomic E-state index is 14.5. The molecule has 1 aliphatic rings. The highest BCUT2D eigenvalue weighted by Crippen LogP contribution is 2.17. The highest BCUT2D eigenvalue weighted by atomic mass is 127. The summed E-state index contributed by atoms with van der Waals surface area (Å²) in [6.07, 6.45) is 8.13. The van der Waals surface area contributed by atoms with Gasteiger partial charge in [-0.2, -0.15) is 0 Å². The number of aliphatic imine (C=N–C) groups is 1. The number of benzene rings is 1. The summed E-state index contributed by atoms with van der Waals surface area (Å²) >= 11 is 0. The number of likely N-dealkylation sites (tertiary alicyclic amines) is 1. The van der Waals surface area contributed by atoms with Crippen LogP contribution in [0.5, 0.6) is 0 Å². The Labute approximate surface area is 201 Å². The molecular weight excluding hydrogens is 512 g/mol. The lowest BCUT2D eigenvalue weighted by molar-refractivity contribution is 0.00990. The van der Waals surface area contributed by atoms with Gasteiger partial charge in [0.25, 0.3) is 0 Å². The van der Waals surface area contributed by atoms with Crippen molar-refractivity contribution < 1.29 is 13.9 Å². The molecule has 9 heteroatoms. The fourth-order valence-corrected chi connectivity index (χ4v) is 3.54. The van der Waals surface area contributed by atoms with Gasteiger partial charge < -0.3 is 24.3 Å². The molecule has 2 aromatic rings. The van der Waals surface area contributed by atoms with Gasteiger partial charge in [0.05, 0.1) is 24.7 Å². The van der Waals surface area contributed by atoms with Gasteiger partial charge in [0, 0.05) is 52.4 Å². The average molecular weight is 545 g/mol. The number of rotatable bonds is 9. The minimum Gasteiger partial charge on any atom is -0.385 e. The second-order valence-corrected chi connectivity index (χ2v) is 7.33. The van der Waals surface area contributed by atoms with E-state index >= 15 is 0 Å². The molecule has 2 heterocycles. The van der Waals surface area contributed by atoms with Crippen molar-refractivity contribution in [2.45, 2.75) is 38.8 Å². The molecule has 1 fully saturated rings. The summed E-state index contributed by atoms with van der Waals surface area (Å²) in [5, 5.41) is 3.36. The van der Waals surface area contributed by atoms with E-state index in [0.717, 1.165) is 63.6 Å². The summed E-state index contributed by atoms with van der Waals surface area (Å²) in [4.78, 5) is 11.0. The molecular formula is C22H33FIN5O2. The minimum atomic E-state index is -0.280. The predicted octanol–water partition coefficient (Wildman–Crippen LogP) is 3.61. The van der Waals surface area contributed by atoms with E-state index in [0.29, 0.717) is 18.3 Å². The molecule has 1 saturated heterocycles.